The SMILES string of the molecule is Cc1ccc(C(=O)N2CCOC(CO)C2)cc1C#CCN. The molecule has 112 valence electrons. The van der Waals surface area contributed by atoms with Gasteiger partial charge < -0.3 is 20.5 Å². The maximum absolute atomic E-state index is 12.5. The Hall–Kier alpha value is -1.87. The van der Waals surface area contributed by atoms with Crippen molar-refractivity contribution >= 4 is 5.91 Å². The lowest BCUT2D eigenvalue weighted by molar-refractivity contribution is -0.0447. The third-order valence-corrected chi connectivity index (χ3v) is 3.44. The summed E-state index contributed by atoms with van der Waals surface area (Å²) in [6.07, 6.45) is -0.301. The summed E-state index contributed by atoms with van der Waals surface area (Å²) in [5, 5.41) is 9.15. The summed E-state index contributed by atoms with van der Waals surface area (Å²) < 4.78 is 5.36. The summed E-state index contributed by atoms with van der Waals surface area (Å²) >= 11 is 0. The molecule has 0 spiro atoms. The molecule has 1 fully saturated rings. The monoisotopic (exact) mass is 288 g/mol. The van der Waals surface area contributed by atoms with E-state index in [4.69, 9.17) is 15.6 Å². The highest BCUT2D eigenvalue weighted by Crippen LogP contribution is 2.14. The van der Waals surface area contributed by atoms with Crippen LogP contribution in [0.15, 0.2) is 18.2 Å². The quantitative estimate of drug-likeness (QED) is 0.759. The van der Waals surface area contributed by atoms with Gasteiger partial charge >= 0.3 is 0 Å². The van der Waals surface area contributed by atoms with Crippen LogP contribution in [0, 0.1) is 18.8 Å². The Morgan fingerprint density at radius 3 is 3.10 bits per heavy atom. The summed E-state index contributed by atoms with van der Waals surface area (Å²) in [7, 11) is 0. The summed E-state index contributed by atoms with van der Waals surface area (Å²) in [5.74, 6) is 5.72. The van der Waals surface area contributed by atoms with E-state index >= 15 is 0 Å². The molecule has 1 heterocycles. The van der Waals surface area contributed by atoms with E-state index in [0.29, 0.717) is 31.8 Å². The van der Waals surface area contributed by atoms with Crippen molar-refractivity contribution in [2.75, 3.05) is 32.8 Å². The molecule has 21 heavy (non-hydrogen) atoms. The van der Waals surface area contributed by atoms with Gasteiger partial charge in [0.15, 0.2) is 0 Å². The van der Waals surface area contributed by atoms with E-state index in [0.717, 1.165) is 11.1 Å². The molecule has 3 N–H and O–H groups in total. The summed E-state index contributed by atoms with van der Waals surface area (Å²) in [6.45, 7) is 3.55. The van der Waals surface area contributed by atoms with Gasteiger partial charge in [0.1, 0.15) is 0 Å². The van der Waals surface area contributed by atoms with Gasteiger partial charge in [-0.15, -0.1) is 0 Å². The number of hydrogen-bond acceptors (Lipinski definition) is 4. The number of rotatable bonds is 2. The molecule has 1 atom stereocenters. The van der Waals surface area contributed by atoms with Crippen molar-refractivity contribution in [1.29, 1.82) is 0 Å². The van der Waals surface area contributed by atoms with Crippen LogP contribution in [0.25, 0.3) is 0 Å². The van der Waals surface area contributed by atoms with Crippen molar-refractivity contribution in [3.63, 3.8) is 0 Å². The largest absolute Gasteiger partial charge is 0.394 e. The summed E-state index contributed by atoms with van der Waals surface area (Å²) in [6, 6.07) is 5.48. The molecule has 1 aromatic rings. The number of nitrogens with zero attached hydrogens (tertiary/aromatic N) is 1. The molecule has 5 nitrogen and oxygen atoms in total. The normalized spacial score (nSPS) is 18.0. The second-order valence-corrected chi connectivity index (χ2v) is 4.96. The van der Waals surface area contributed by atoms with Gasteiger partial charge in [-0.25, -0.2) is 0 Å². The first-order valence-corrected chi connectivity index (χ1v) is 6.97. The van der Waals surface area contributed by atoms with Crippen molar-refractivity contribution < 1.29 is 14.6 Å². The van der Waals surface area contributed by atoms with E-state index in [1.807, 2.05) is 13.0 Å². The molecular weight excluding hydrogens is 268 g/mol. The zero-order chi connectivity index (χ0) is 15.2. The fraction of sp³-hybridized carbons (Fsp3) is 0.438. The van der Waals surface area contributed by atoms with Crippen LogP contribution in [0.3, 0.4) is 0 Å². The van der Waals surface area contributed by atoms with Gasteiger partial charge in [-0.1, -0.05) is 17.9 Å². The average molecular weight is 288 g/mol. The lowest BCUT2D eigenvalue weighted by Gasteiger charge is -2.32. The molecule has 2 rings (SSSR count). The van der Waals surface area contributed by atoms with Crippen LogP contribution in [0.5, 0.6) is 0 Å². The number of hydrogen-bond donors (Lipinski definition) is 2. The molecule has 1 saturated heterocycles. The van der Waals surface area contributed by atoms with Crippen LogP contribution in [0.4, 0.5) is 0 Å². The van der Waals surface area contributed by atoms with E-state index in [-0.39, 0.29) is 18.6 Å². The van der Waals surface area contributed by atoms with Crippen LogP contribution >= 0.6 is 0 Å². The number of carbonyl (C=O) groups excluding carboxylic acids is 1. The molecule has 0 saturated carbocycles. The van der Waals surface area contributed by atoms with Gasteiger partial charge in [0.25, 0.3) is 5.91 Å². The molecule has 1 aliphatic heterocycles. The van der Waals surface area contributed by atoms with Gasteiger partial charge in [0.2, 0.25) is 0 Å². The molecule has 1 aromatic carbocycles. The number of benzene rings is 1. The predicted octanol–water partition coefficient (Wildman–Crippen LogP) is 0.139. The highest BCUT2D eigenvalue weighted by molar-refractivity contribution is 5.94. The first kappa shape index (κ1) is 15.5. The number of aryl methyl sites for hydroxylation is 1. The minimum absolute atomic E-state index is 0.0625. The molecule has 1 aliphatic rings. The molecule has 1 amide bonds. The second kappa shape index (κ2) is 7.23. The number of nitrogens with two attached hydrogens (primary N) is 1. The van der Waals surface area contributed by atoms with E-state index in [2.05, 4.69) is 11.8 Å². The van der Waals surface area contributed by atoms with Crippen molar-refractivity contribution in [3.05, 3.63) is 34.9 Å². The Kier molecular flexibility index (Phi) is 5.34. The predicted molar refractivity (Wildman–Crippen MR) is 79.8 cm³/mol. The second-order valence-electron chi connectivity index (χ2n) is 4.96. The van der Waals surface area contributed by atoms with E-state index in [9.17, 15) is 4.79 Å². The van der Waals surface area contributed by atoms with Crippen LogP contribution in [0.2, 0.25) is 0 Å². The molecule has 5 heteroatoms. The van der Waals surface area contributed by atoms with Crippen LogP contribution < -0.4 is 5.73 Å². The van der Waals surface area contributed by atoms with Crippen LogP contribution in [-0.4, -0.2) is 54.9 Å². The Morgan fingerprint density at radius 2 is 2.38 bits per heavy atom. The number of amides is 1. The third kappa shape index (κ3) is 3.82. The Morgan fingerprint density at radius 1 is 1.57 bits per heavy atom. The Balaban J connectivity index is 2.19. The molecule has 0 aromatic heterocycles. The van der Waals surface area contributed by atoms with Gasteiger partial charge in [0, 0.05) is 24.2 Å². The molecule has 0 aliphatic carbocycles. The summed E-state index contributed by atoms with van der Waals surface area (Å²) in [4.78, 5) is 14.2. The van der Waals surface area contributed by atoms with Crippen molar-refractivity contribution in [2.24, 2.45) is 5.73 Å². The minimum Gasteiger partial charge on any atom is -0.394 e. The number of morpholine rings is 1. The highest BCUT2D eigenvalue weighted by atomic mass is 16.5. The standard InChI is InChI=1S/C16H20N2O3/c1-12-4-5-14(9-13(12)3-2-6-17)16(20)18-7-8-21-15(10-18)11-19/h4-5,9,15,19H,6-8,10-11,17H2,1H3. The maximum Gasteiger partial charge on any atom is 0.254 e. The zero-order valence-corrected chi connectivity index (χ0v) is 12.1. The highest BCUT2D eigenvalue weighted by Gasteiger charge is 2.24. The topological polar surface area (TPSA) is 75.8 Å². The molecule has 0 radical (unpaired) electrons. The van der Waals surface area contributed by atoms with Crippen molar-refractivity contribution in [1.82, 2.24) is 4.90 Å². The zero-order valence-electron chi connectivity index (χ0n) is 12.1. The minimum atomic E-state index is -0.301. The van der Waals surface area contributed by atoms with E-state index in [1.54, 1.807) is 17.0 Å². The smallest absolute Gasteiger partial charge is 0.254 e. The fourth-order valence-electron chi connectivity index (χ4n) is 2.23. The van der Waals surface area contributed by atoms with Gasteiger partial charge in [-0.3, -0.25) is 4.79 Å². The van der Waals surface area contributed by atoms with E-state index in [1.165, 1.54) is 0 Å². The first-order chi connectivity index (χ1) is 10.2. The van der Waals surface area contributed by atoms with Gasteiger partial charge in [0.05, 0.1) is 25.9 Å². The Bertz CT molecular complexity index is 575. The number of carbonyl (C=O) groups is 1. The van der Waals surface area contributed by atoms with E-state index < -0.39 is 0 Å². The summed E-state index contributed by atoms with van der Waals surface area (Å²) in [5.41, 5.74) is 7.82. The number of aliphatic hydroxyl groups is 1. The molecular formula is C16H20N2O3. The molecule has 1 unspecified atom stereocenters. The van der Waals surface area contributed by atoms with Crippen LogP contribution in [0.1, 0.15) is 21.5 Å². The van der Waals surface area contributed by atoms with Crippen LogP contribution in [-0.2, 0) is 4.74 Å². The van der Waals surface area contributed by atoms with Crippen molar-refractivity contribution in [2.45, 2.75) is 13.0 Å². The van der Waals surface area contributed by atoms with Crippen molar-refractivity contribution in [3.8, 4) is 11.8 Å². The first-order valence-electron chi connectivity index (χ1n) is 6.97. The molecule has 0 bridgehead atoms. The van der Waals surface area contributed by atoms with Gasteiger partial charge in [-0.2, -0.15) is 0 Å². The Labute approximate surface area is 124 Å². The maximum atomic E-state index is 12.5. The fourth-order valence-corrected chi connectivity index (χ4v) is 2.23. The average Bonchev–Trinajstić information content (AvgIpc) is 2.53. The third-order valence-electron chi connectivity index (χ3n) is 3.44. The lowest BCUT2D eigenvalue weighted by atomic mass is 10.0. The van der Waals surface area contributed by atoms with Gasteiger partial charge in [-0.05, 0) is 24.6 Å². The lowest BCUT2D eigenvalue weighted by Crippen LogP contribution is -2.46. The number of ether oxygens (including phenoxy) is 1. The number of aliphatic hydroxyl groups excluding tert-OH is 1.